The van der Waals surface area contributed by atoms with Crippen molar-refractivity contribution in [1.29, 1.82) is 0 Å². The maximum atomic E-state index is 11.6. The minimum atomic E-state index is -0.174. The lowest BCUT2D eigenvalue weighted by Gasteiger charge is -2.13. The average Bonchev–Trinajstić information content (AvgIpc) is 2.96. The third-order valence-electron chi connectivity index (χ3n) is 4.03. The van der Waals surface area contributed by atoms with Crippen LogP contribution in [0.25, 0.3) is 0 Å². The topological polar surface area (TPSA) is 59.5 Å². The maximum Gasteiger partial charge on any atom is 0.289 e. The van der Waals surface area contributed by atoms with Gasteiger partial charge in [0, 0.05) is 18.3 Å². The quantitative estimate of drug-likeness (QED) is 0.715. The zero-order valence-electron chi connectivity index (χ0n) is 14.5. The number of carbonyl (C=O) groups is 2. The maximum absolute atomic E-state index is 11.6. The summed E-state index contributed by atoms with van der Waals surface area (Å²) >= 11 is 1.05. The molecule has 0 spiro atoms. The van der Waals surface area contributed by atoms with Gasteiger partial charge >= 0.3 is 0 Å². The van der Waals surface area contributed by atoms with Crippen molar-refractivity contribution >= 4 is 35.3 Å². The Kier molecular flexibility index (Phi) is 7.48. The van der Waals surface area contributed by atoms with E-state index in [2.05, 4.69) is 18.0 Å². The van der Waals surface area contributed by atoms with Gasteiger partial charge in [0.05, 0.1) is 18.9 Å². The van der Waals surface area contributed by atoms with Crippen molar-refractivity contribution < 1.29 is 14.3 Å². The molecule has 1 aromatic heterocycles. The number of ether oxygens (including phenoxy) is 1. The van der Waals surface area contributed by atoms with Gasteiger partial charge in [-0.1, -0.05) is 36.9 Å². The Morgan fingerprint density at radius 1 is 1.12 bits per heavy atom. The van der Waals surface area contributed by atoms with E-state index < -0.39 is 0 Å². The Morgan fingerprint density at radius 2 is 1.85 bits per heavy atom. The lowest BCUT2D eigenvalue weighted by Crippen LogP contribution is -2.27. The molecule has 26 heavy (non-hydrogen) atoms. The highest BCUT2D eigenvalue weighted by Crippen LogP contribution is 2.22. The van der Waals surface area contributed by atoms with Gasteiger partial charge in [-0.15, -0.1) is 12.4 Å². The number of hydrogen-bond donors (Lipinski definition) is 0. The van der Waals surface area contributed by atoms with E-state index in [9.17, 15) is 9.59 Å². The molecule has 1 aromatic carbocycles. The number of aromatic nitrogens is 1. The predicted octanol–water partition coefficient (Wildman–Crippen LogP) is 3.88. The molecule has 2 amide bonds. The van der Waals surface area contributed by atoms with Gasteiger partial charge in [-0.2, -0.15) is 0 Å². The van der Waals surface area contributed by atoms with Crippen molar-refractivity contribution in [3.05, 3.63) is 59.4 Å². The number of aryl methyl sites for hydroxylation is 1. The standard InChI is InChI=1S/C19H20N2O3S.ClH/c1-2-14-3-6-16(20-11-14)9-10-24-17-7-4-15(5-8-17)12-21-18(22)13-25-19(21)23;/h3-8,11H,2,9-10,12-13H2,1H3;1H. The summed E-state index contributed by atoms with van der Waals surface area (Å²) in [6.07, 6.45) is 3.65. The first-order valence-electron chi connectivity index (χ1n) is 8.28. The minimum absolute atomic E-state index is 0. The summed E-state index contributed by atoms with van der Waals surface area (Å²) in [6.45, 7) is 2.98. The van der Waals surface area contributed by atoms with Crippen LogP contribution < -0.4 is 4.74 Å². The largest absolute Gasteiger partial charge is 0.493 e. The molecular formula is C19H21ClN2O3S. The highest BCUT2D eigenvalue weighted by molar-refractivity contribution is 8.14. The Bertz CT molecular complexity index is 734. The first kappa shape index (κ1) is 20.3. The summed E-state index contributed by atoms with van der Waals surface area (Å²) < 4.78 is 5.74. The third kappa shape index (κ3) is 5.22. The van der Waals surface area contributed by atoms with E-state index >= 15 is 0 Å². The van der Waals surface area contributed by atoms with Crippen molar-refractivity contribution in [2.24, 2.45) is 0 Å². The smallest absolute Gasteiger partial charge is 0.289 e. The Morgan fingerprint density at radius 3 is 2.42 bits per heavy atom. The number of benzene rings is 1. The van der Waals surface area contributed by atoms with Crippen LogP contribution in [0.5, 0.6) is 5.75 Å². The van der Waals surface area contributed by atoms with Crippen molar-refractivity contribution in [2.45, 2.75) is 26.3 Å². The number of carbonyl (C=O) groups excluding carboxylic acids is 2. The number of rotatable bonds is 7. The van der Waals surface area contributed by atoms with Crippen molar-refractivity contribution in [3.8, 4) is 5.75 Å². The van der Waals surface area contributed by atoms with Crippen LogP contribution >= 0.6 is 24.2 Å². The van der Waals surface area contributed by atoms with E-state index in [4.69, 9.17) is 4.74 Å². The summed E-state index contributed by atoms with van der Waals surface area (Å²) in [5, 5.41) is -0.174. The molecule has 5 nitrogen and oxygen atoms in total. The molecule has 0 saturated carbocycles. The number of imide groups is 1. The molecule has 3 rings (SSSR count). The van der Waals surface area contributed by atoms with Crippen LogP contribution in [-0.2, 0) is 24.2 Å². The Balaban J connectivity index is 0.00000243. The Hall–Kier alpha value is -2.05. The van der Waals surface area contributed by atoms with Gasteiger partial charge in [-0.25, -0.2) is 0 Å². The molecule has 7 heteroatoms. The van der Waals surface area contributed by atoms with Crippen LogP contribution in [0.3, 0.4) is 0 Å². The van der Waals surface area contributed by atoms with Crippen molar-refractivity contribution in [1.82, 2.24) is 9.88 Å². The summed E-state index contributed by atoms with van der Waals surface area (Å²) in [7, 11) is 0. The minimum Gasteiger partial charge on any atom is -0.493 e. The van der Waals surface area contributed by atoms with E-state index in [1.807, 2.05) is 36.5 Å². The zero-order valence-corrected chi connectivity index (χ0v) is 16.1. The number of pyridine rings is 1. The van der Waals surface area contributed by atoms with Gasteiger partial charge in [0.1, 0.15) is 5.75 Å². The second-order valence-corrected chi connectivity index (χ2v) is 6.71. The van der Waals surface area contributed by atoms with Gasteiger partial charge in [-0.05, 0) is 35.7 Å². The summed E-state index contributed by atoms with van der Waals surface area (Å²) in [5.41, 5.74) is 3.15. The number of thioether (sulfide) groups is 1. The highest BCUT2D eigenvalue weighted by Gasteiger charge is 2.29. The zero-order chi connectivity index (χ0) is 17.6. The fraction of sp³-hybridized carbons (Fsp3) is 0.316. The van der Waals surface area contributed by atoms with E-state index in [0.717, 1.165) is 41.6 Å². The molecule has 1 fully saturated rings. The lowest BCUT2D eigenvalue weighted by atomic mass is 10.2. The van der Waals surface area contributed by atoms with Crippen LogP contribution in [0.4, 0.5) is 4.79 Å². The first-order valence-corrected chi connectivity index (χ1v) is 9.27. The monoisotopic (exact) mass is 392 g/mol. The molecule has 138 valence electrons. The number of halogens is 1. The van der Waals surface area contributed by atoms with Gasteiger partial charge in [-0.3, -0.25) is 19.5 Å². The second kappa shape index (κ2) is 9.59. The van der Waals surface area contributed by atoms with E-state index in [-0.39, 0.29) is 29.3 Å². The van der Waals surface area contributed by atoms with E-state index in [1.54, 1.807) is 0 Å². The molecule has 0 radical (unpaired) electrons. The third-order valence-corrected chi connectivity index (χ3v) is 4.88. The van der Waals surface area contributed by atoms with Crippen molar-refractivity contribution in [2.75, 3.05) is 12.4 Å². The molecule has 0 unspecified atom stereocenters. The molecular weight excluding hydrogens is 372 g/mol. The molecule has 1 aliphatic heterocycles. The van der Waals surface area contributed by atoms with Gasteiger partial charge < -0.3 is 4.74 Å². The number of amides is 2. The molecule has 0 aliphatic carbocycles. The molecule has 0 N–H and O–H groups in total. The van der Waals surface area contributed by atoms with Crippen LogP contribution in [0.15, 0.2) is 42.6 Å². The summed E-state index contributed by atoms with van der Waals surface area (Å²) in [4.78, 5) is 28.9. The SMILES string of the molecule is CCc1ccc(CCOc2ccc(CN3C(=O)CSC3=O)cc2)nc1.Cl. The van der Waals surface area contributed by atoms with Crippen LogP contribution in [0.1, 0.15) is 23.7 Å². The van der Waals surface area contributed by atoms with Crippen LogP contribution in [0.2, 0.25) is 0 Å². The summed E-state index contributed by atoms with van der Waals surface area (Å²) in [5.74, 6) is 0.882. The predicted molar refractivity (Wildman–Crippen MR) is 105 cm³/mol. The molecule has 2 heterocycles. The Labute approximate surface area is 163 Å². The number of nitrogens with zero attached hydrogens (tertiary/aromatic N) is 2. The fourth-order valence-corrected chi connectivity index (χ4v) is 3.22. The normalized spacial score (nSPS) is 13.7. The van der Waals surface area contributed by atoms with Gasteiger partial charge in [0.15, 0.2) is 0 Å². The van der Waals surface area contributed by atoms with Gasteiger partial charge in [0.25, 0.3) is 5.24 Å². The molecule has 0 atom stereocenters. The average molecular weight is 393 g/mol. The molecule has 1 saturated heterocycles. The fourth-order valence-electron chi connectivity index (χ4n) is 2.49. The van der Waals surface area contributed by atoms with Crippen molar-refractivity contribution in [3.63, 3.8) is 0 Å². The molecule has 1 aliphatic rings. The van der Waals surface area contributed by atoms with Crippen LogP contribution in [0, 0.1) is 0 Å². The summed E-state index contributed by atoms with van der Waals surface area (Å²) in [6, 6.07) is 11.6. The lowest BCUT2D eigenvalue weighted by molar-refractivity contribution is -0.125. The highest BCUT2D eigenvalue weighted by atomic mass is 35.5. The molecule has 0 bridgehead atoms. The van der Waals surface area contributed by atoms with Crippen LogP contribution in [-0.4, -0.2) is 33.4 Å². The van der Waals surface area contributed by atoms with Gasteiger partial charge in [0.2, 0.25) is 5.91 Å². The van der Waals surface area contributed by atoms with E-state index in [1.165, 1.54) is 10.5 Å². The van der Waals surface area contributed by atoms with E-state index in [0.29, 0.717) is 13.2 Å². The molecule has 2 aromatic rings. The first-order chi connectivity index (χ1) is 12.2. The second-order valence-electron chi connectivity index (χ2n) is 5.79. The number of hydrogen-bond acceptors (Lipinski definition) is 5.